The van der Waals surface area contributed by atoms with Crippen molar-refractivity contribution in [2.24, 2.45) is 0 Å². The first-order valence-corrected chi connectivity index (χ1v) is 10.3. The predicted octanol–water partition coefficient (Wildman–Crippen LogP) is 4.33. The molecule has 0 N–H and O–H groups in total. The maximum Gasteiger partial charge on any atom is 0.122 e. The van der Waals surface area contributed by atoms with Crippen LogP contribution in [0.1, 0.15) is 32.8 Å². The summed E-state index contributed by atoms with van der Waals surface area (Å²) in [7, 11) is 0.157. The standard InChI is InChI=1S/C18H26OSi/c1-18(2,3)15-12-9-13-16(17(15)19-4)20(5,6)14-10-7-8-11-14/h7-10,12-13H,11H2,1-6H3. The van der Waals surface area contributed by atoms with Crippen LogP contribution in [0.2, 0.25) is 13.1 Å². The van der Waals surface area contributed by atoms with Crippen molar-refractivity contribution < 1.29 is 4.74 Å². The lowest BCUT2D eigenvalue weighted by Crippen LogP contribution is -2.45. The summed E-state index contributed by atoms with van der Waals surface area (Å²) in [6.07, 6.45) is 7.84. The highest BCUT2D eigenvalue weighted by atomic mass is 28.3. The molecular weight excluding hydrogens is 260 g/mol. The summed E-state index contributed by atoms with van der Waals surface area (Å²) in [6, 6.07) is 6.66. The first-order valence-electron chi connectivity index (χ1n) is 7.32. The lowest BCUT2D eigenvalue weighted by Gasteiger charge is -2.31. The number of ether oxygens (including phenoxy) is 1. The Hall–Kier alpha value is -1.28. The van der Waals surface area contributed by atoms with Gasteiger partial charge in [-0.15, -0.1) is 0 Å². The summed E-state index contributed by atoms with van der Waals surface area (Å²) in [4.78, 5) is 0. The molecule has 1 aromatic carbocycles. The molecule has 1 aromatic rings. The van der Waals surface area contributed by atoms with Crippen LogP contribution < -0.4 is 9.92 Å². The second kappa shape index (κ2) is 5.25. The van der Waals surface area contributed by atoms with Gasteiger partial charge in [-0.2, -0.15) is 0 Å². The lowest BCUT2D eigenvalue weighted by molar-refractivity contribution is 0.400. The fraction of sp³-hybridized carbons (Fsp3) is 0.444. The van der Waals surface area contributed by atoms with Gasteiger partial charge in [-0.25, -0.2) is 0 Å². The van der Waals surface area contributed by atoms with Crippen LogP contribution in [0.5, 0.6) is 5.75 Å². The minimum absolute atomic E-state index is 0.105. The topological polar surface area (TPSA) is 9.23 Å². The van der Waals surface area contributed by atoms with Gasteiger partial charge in [0.2, 0.25) is 0 Å². The molecule has 2 heteroatoms. The van der Waals surface area contributed by atoms with Crippen LogP contribution >= 0.6 is 0 Å². The van der Waals surface area contributed by atoms with Gasteiger partial charge in [0, 0.05) is 0 Å². The molecule has 0 aliphatic heterocycles. The minimum Gasteiger partial charge on any atom is -0.497 e. The molecule has 0 spiro atoms. The highest BCUT2D eigenvalue weighted by molar-refractivity contribution is 6.96. The molecule has 0 atom stereocenters. The monoisotopic (exact) mass is 286 g/mol. The predicted molar refractivity (Wildman–Crippen MR) is 90.7 cm³/mol. The van der Waals surface area contributed by atoms with E-state index in [0.29, 0.717) is 0 Å². The quantitative estimate of drug-likeness (QED) is 0.751. The van der Waals surface area contributed by atoms with Crippen LogP contribution in [0.25, 0.3) is 0 Å². The summed E-state index contributed by atoms with van der Waals surface area (Å²) in [5, 5.41) is 3.00. The van der Waals surface area contributed by atoms with Crippen molar-refractivity contribution in [3.63, 3.8) is 0 Å². The molecule has 20 heavy (non-hydrogen) atoms. The van der Waals surface area contributed by atoms with Crippen LogP contribution in [-0.4, -0.2) is 15.2 Å². The number of allylic oxidation sites excluding steroid dienone is 4. The van der Waals surface area contributed by atoms with Crippen molar-refractivity contribution >= 4 is 13.3 Å². The molecule has 0 unspecified atom stereocenters. The Labute approximate surface area is 124 Å². The summed E-state index contributed by atoms with van der Waals surface area (Å²) in [5.41, 5.74) is 1.42. The van der Waals surface area contributed by atoms with Gasteiger partial charge in [0.1, 0.15) is 13.8 Å². The van der Waals surface area contributed by atoms with Gasteiger partial charge in [-0.05, 0) is 22.6 Å². The average Bonchev–Trinajstić information content (AvgIpc) is 2.91. The normalized spacial score (nSPS) is 15.4. The number of hydrogen-bond donors (Lipinski definition) is 0. The van der Waals surface area contributed by atoms with E-state index < -0.39 is 8.07 Å². The summed E-state index contributed by atoms with van der Waals surface area (Å²) >= 11 is 0. The zero-order chi connectivity index (χ0) is 15.0. The molecule has 0 aromatic heterocycles. The van der Waals surface area contributed by atoms with Gasteiger partial charge in [-0.1, -0.05) is 75.5 Å². The van der Waals surface area contributed by atoms with E-state index in [-0.39, 0.29) is 5.41 Å². The maximum absolute atomic E-state index is 5.84. The van der Waals surface area contributed by atoms with Crippen LogP contribution in [0, 0.1) is 0 Å². The highest BCUT2D eigenvalue weighted by Crippen LogP contribution is 2.33. The second-order valence-electron chi connectivity index (χ2n) is 7.09. The average molecular weight is 286 g/mol. The first-order chi connectivity index (χ1) is 9.28. The van der Waals surface area contributed by atoms with E-state index in [1.165, 1.54) is 10.8 Å². The van der Waals surface area contributed by atoms with E-state index in [1.807, 2.05) is 0 Å². The summed E-state index contributed by atoms with van der Waals surface area (Å²) in [6.45, 7) is 11.6. The molecular formula is C18H26OSi. The number of hydrogen-bond acceptors (Lipinski definition) is 1. The maximum atomic E-state index is 5.84. The van der Waals surface area contributed by atoms with Gasteiger partial charge in [-0.3, -0.25) is 0 Å². The first kappa shape index (κ1) is 15.1. The second-order valence-corrected chi connectivity index (χ2v) is 11.5. The van der Waals surface area contributed by atoms with Crippen molar-refractivity contribution in [1.29, 1.82) is 0 Å². The highest BCUT2D eigenvalue weighted by Gasteiger charge is 2.33. The van der Waals surface area contributed by atoms with E-state index in [4.69, 9.17) is 4.74 Å². The number of para-hydroxylation sites is 1. The number of rotatable bonds is 3. The van der Waals surface area contributed by atoms with E-state index >= 15 is 0 Å². The molecule has 0 bridgehead atoms. The molecule has 0 radical (unpaired) electrons. The fourth-order valence-corrected chi connectivity index (χ4v) is 5.73. The van der Waals surface area contributed by atoms with E-state index in [2.05, 4.69) is 70.3 Å². The molecule has 1 nitrogen and oxygen atoms in total. The molecule has 2 rings (SSSR count). The molecule has 0 fully saturated rings. The largest absolute Gasteiger partial charge is 0.497 e. The van der Waals surface area contributed by atoms with Crippen molar-refractivity contribution in [2.75, 3.05) is 7.11 Å². The van der Waals surface area contributed by atoms with Crippen LogP contribution in [0.4, 0.5) is 0 Å². The smallest absolute Gasteiger partial charge is 0.122 e. The fourth-order valence-electron chi connectivity index (χ4n) is 2.92. The molecule has 0 heterocycles. The Morgan fingerprint density at radius 2 is 1.85 bits per heavy atom. The molecule has 0 saturated heterocycles. The Morgan fingerprint density at radius 1 is 1.15 bits per heavy atom. The Balaban J connectivity index is 2.57. The van der Waals surface area contributed by atoms with Crippen molar-refractivity contribution in [1.82, 2.24) is 0 Å². The number of benzene rings is 1. The van der Waals surface area contributed by atoms with Gasteiger partial charge < -0.3 is 4.74 Å². The third kappa shape index (κ3) is 2.62. The van der Waals surface area contributed by atoms with Gasteiger partial charge in [0.05, 0.1) is 7.11 Å². The molecule has 1 aliphatic rings. The SMILES string of the molecule is COc1c(C(C)(C)C)cccc1[Si](C)(C)C1=CC=CC1. The van der Waals surface area contributed by atoms with Crippen LogP contribution in [-0.2, 0) is 5.41 Å². The Bertz CT molecular complexity index is 559. The lowest BCUT2D eigenvalue weighted by atomic mass is 9.86. The van der Waals surface area contributed by atoms with Crippen molar-refractivity contribution in [2.45, 2.75) is 45.7 Å². The third-order valence-electron chi connectivity index (χ3n) is 4.27. The van der Waals surface area contributed by atoms with Crippen molar-refractivity contribution in [3.05, 3.63) is 47.2 Å². The Morgan fingerprint density at radius 3 is 2.35 bits per heavy atom. The molecule has 1 aliphatic carbocycles. The zero-order valence-corrected chi connectivity index (χ0v) is 14.6. The van der Waals surface area contributed by atoms with Crippen molar-refractivity contribution in [3.8, 4) is 5.75 Å². The molecule has 0 saturated carbocycles. The zero-order valence-electron chi connectivity index (χ0n) is 13.6. The summed E-state index contributed by atoms with van der Waals surface area (Å²) in [5.74, 6) is 1.10. The van der Waals surface area contributed by atoms with Gasteiger partial charge in [0.15, 0.2) is 0 Å². The van der Waals surface area contributed by atoms with E-state index in [1.54, 1.807) is 12.3 Å². The van der Waals surface area contributed by atoms with Crippen LogP contribution in [0.15, 0.2) is 41.6 Å². The van der Waals surface area contributed by atoms with Gasteiger partial charge >= 0.3 is 0 Å². The van der Waals surface area contributed by atoms with E-state index in [9.17, 15) is 0 Å². The van der Waals surface area contributed by atoms with Crippen LogP contribution in [0.3, 0.4) is 0 Å². The Kier molecular flexibility index (Phi) is 3.97. The third-order valence-corrected chi connectivity index (χ3v) is 7.99. The molecule has 0 amide bonds. The van der Waals surface area contributed by atoms with E-state index in [0.717, 1.165) is 12.2 Å². The minimum atomic E-state index is -1.65. The summed E-state index contributed by atoms with van der Waals surface area (Å²) < 4.78 is 5.84. The number of methoxy groups -OCH3 is 1. The van der Waals surface area contributed by atoms with Gasteiger partial charge in [0.25, 0.3) is 0 Å². The molecule has 108 valence electrons.